The van der Waals surface area contributed by atoms with Gasteiger partial charge in [-0.05, 0) is 50.7 Å². The van der Waals surface area contributed by atoms with Crippen LogP contribution >= 0.6 is 11.8 Å². The molecule has 2 amide bonds. The van der Waals surface area contributed by atoms with Gasteiger partial charge in [-0.3, -0.25) is 14.5 Å². The molecule has 0 aliphatic heterocycles. The zero-order valence-electron chi connectivity index (χ0n) is 13.9. The molecule has 1 aromatic carbocycles. The second-order valence-electron chi connectivity index (χ2n) is 5.39. The van der Waals surface area contributed by atoms with Crippen molar-refractivity contribution >= 4 is 29.3 Å². The maximum Gasteiger partial charge on any atom is 0.313 e. The van der Waals surface area contributed by atoms with Crippen LogP contribution in [0, 0.1) is 0 Å². The molecule has 1 aromatic heterocycles. The SMILES string of the molecule is CSc1cccc(NC(=O)C(=O)NC[C@H](c2ccco2)N(C)C)c1. The third kappa shape index (κ3) is 4.87. The lowest BCUT2D eigenvalue weighted by Gasteiger charge is -2.22. The Labute approximate surface area is 145 Å². The first-order chi connectivity index (χ1) is 11.5. The Morgan fingerprint density at radius 3 is 2.62 bits per heavy atom. The zero-order valence-corrected chi connectivity index (χ0v) is 14.7. The highest BCUT2D eigenvalue weighted by atomic mass is 32.2. The monoisotopic (exact) mass is 347 g/mol. The van der Waals surface area contributed by atoms with Gasteiger partial charge in [0.2, 0.25) is 0 Å². The summed E-state index contributed by atoms with van der Waals surface area (Å²) < 4.78 is 5.38. The Morgan fingerprint density at radius 1 is 1.21 bits per heavy atom. The maximum absolute atomic E-state index is 12.0. The smallest absolute Gasteiger partial charge is 0.313 e. The number of likely N-dealkylation sites (N-methyl/N-ethyl adjacent to an activating group) is 1. The number of anilines is 1. The molecule has 1 atom stereocenters. The fourth-order valence-corrected chi connectivity index (χ4v) is 2.64. The average Bonchev–Trinajstić information content (AvgIpc) is 3.08. The van der Waals surface area contributed by atoms with Gasteiger partial charge in [0.1, 0.15) is 5.76 Å². The van der Waals surface area contributed by atoms with E-state index >= 15 is 0 Å². The van der Waals surface area contributed by atoms with E-state index in [0.717, 1.165) is 10.7 Å². The van der Waals surface area contributed by atoms with E-state index in [1.807, 2.05) is 49.5 Å². The summed E-state index contributed by atoms with van der Waals surface area (Å²) in [6.45, 7) is 0.275. The van der Waals surface area contributed by atoms with E-state index < -0.39 is 11.8 Å². The first-order valence-corrected chi connectivity index (χ1v) is 8.67. The molecule has 1 heterocycles. The minimum atomic E-state index is -0.690. The fourth-order valence-electron chi connectivity index (χ4n) is 2.18. The van der Waals surface area contributed by atoms with Gasteiger partial charge in [-0.1, -0.05) is 6.07 Å². The number of hydrogen-bond donors (Lipinski definition) is 2. The van der Waals surface area contributed by atoms with Crippen LogP contribution < -0.4 is 10.6 Å². The van der Waals surface area contributed by atoms with Crippen molar-refractivity contribution in [2.45, 2.75) is 10.9 Å². The van der Waals surface area contributed by atoms with Crippen molar-refractivity contribution in [3.8, 4) is 0 Å². The topological polar surface area (TPSA) is 74.6 Å². The van der Waals surface area contributed by atoms with Crippen LogP contribution in [0.1, 0.15) is 11.8 Å². The van der Waals surface area contributed by atoms with E-state index in [-0.39, 0.29) is 12.6 Å². The van der Waals surface area contributed by atoms with Gasteiger partial charge in [-0.25, -0.2) is 0 Å². The lowest BCUT2D eigenvalue weighted by atomic mass is 10.2. The van der Waals surface area contributed by atoms with Crippen LogP contribution in [0.15, 0.2) is 52.0 Å². The van der Waals surface area contributed by atoms with Crippen LogP contribution in [0.3, 0.4) is 0 Å². The van der Waals surface area contributed by atoms with Crippen molar-refractivity contribution in [3.63, 3.8) is 0 Å². The van der Waals surface area contributed by atoms with Crippen LogP contribution in [-0.4, -0.2) is 43.6 Å². The summed E-state index contributed by atoms with van der Waals surface area (Å²) in [5, 5.41) is 5.25. The molecule has 2 N–H and O–H groups in total. The summed E-state index contributed by atoms with van der Waals surface area (Å²) in [7, 11) is 3.76. The number of furan rings is 1. The molecule has 0 aliphatic rings. The fraction of sp³-hybridized carbons (Fsp3) is 0.294. The second kappa shape index (κ2) is 8.56. The highest BCUT2D eigenvalue weighted by Crippen LogP contribution is 2.19. The molecule has 0 radical (unpaired) electrons. The molecule has 0 saturated heterocycles. The molecule has 7 heteroatoms. The van der Waals surface area contributed by atoms with Crippen molar-refractivity contribution in [2.24, 2.45) is 0 Å². The second-order valence-corrected chi connectivity index (χ2v) is 6.27. The quantitative estimate of drug-likeness (QED) is 0.620. The van der Waals surface area contributed by atoms with E-state index in [0.29, 0.717) is 5.69 Å². The minimum absolute atomic E-state index is 0.142. The minimum Gasteiger partial charge on any atom is -0.468 e. The number of carbonyl (C=O) groups is 2. The van der Waals surface area contributed by atoms with Crippen molar-refractivity contribution in [3.05, 3.63) is 48.4 Å². The first-order valence-electron chi connectivity index (χ1n) is 7.44. The molecule has 6 nitrogen and oxygen atoms in total. The number of rotatable bonds is 6. The van der Waals surface area contributed by atoms with Gasteiger partial charge >= 0.3 is 11.8 Å². The summed E-state index contributed by atoms with van der Waals surface area (Å²) in [5.74, 6) is -0.637. The van der Waals surface area contributed by atoms with Crippen LogP contribution in [-0.2, 0) is 9.59 Å². The van der Waals surface area contributed by atoms with Crippen molar-refractivity contribution < 1.29 is 14.0 Å². The Kier molecular flexibility index (Phi) is 6.45. The van der Waals surface area contributed by atoms with E-state index in [1.165, 1.54) is 0 Å². The number of thioether (sulfide) groups is 1. The molecule has 2 rings (SSSR count). The third-order valence-corrected chi connectivity index (χ3v) is 4.21. The third-order valence-electron chi connectivity index (χ3n) is 3.48. The Hall–Kier alpha value is -2.25. The van der Waals surface area contributed by atoms with Gasteiger partial charge in [0.05, 0.1) is 12.3 Å². The van der Waals surface area contributed by atoms with E-state index in [1.54, 1.807) is 30.2 Å². The molecule has 0 bridgehead atoms. The zero-order chi connectivity index (χ0) is 17.5. The van der Waals surface area contributed by atoms with Gasteiger partial charge in [0.25, 0.3) is 0 Å². The average molecular weight is 347 g/mol. The highest BCUT2D eigenvalue weighted by Gasteiger charge is 2.20. The Balaban J connectivity index is 1.92. The van der Waals surface area contributed by atoms with E-state index in [9.17, 15) is 9.59 Å². The number of carbonyl (C=O) groups excluding carboxylic acids is 2. The summed E-state index contributed by atoms with van der Waals surface area (Å²) in [4.78, 5) is 27.0. The molecule has 0 saturated carbocycles. The molecule has 128 valence electrons. The number of nitrogens with one attached hydrogen (secondary N) is 2. The number of nitrogens with zero attached hydrogens (tertiary/aromatic N) is 1. The summed E-state index contributed by atoms with van der Waals surface area (Å²) in [6, 6.07) is 10.8. The molecule has 0 fully saturated rings. The molecular weight excluding hydrogens is 326 g/mol. The van der Waals surface area contributed by atoms with Crippen LogP contribution in [0.5, 0.6) is 0 Å². The molecule has 24 heavy (non-hydrogen) atoms. The largest absolute Gasteiger partial charge is 0.468 e. The summed E-state index contributed by atoms with van der Waals surface area (Å²) in [5.41, 5.74) is 0.595. The predicted octanol–water partition coefficient (Wildman–Crippen LogP) is 2.36. The number of hydrogen-bond acceptors (Lipinski definition) is 5. The highest BCUT2D eigenvalue weighted by molar-refractivity contribution is 7.98. The predicted molar refractivity (Wildman–Crippen MR) is 95.0 cm³/mol. The maximum atomic E-state index is 12.0. The molecule has 2 aromatic rings. The lowest BCUT2D eigenvalue weighted by molar-refractivity contribution is -0.136. The Morgan fingerprint density at radius 2 is 2.00 bits per heavy atom. The van der Waals surface area contributed by atoms with E-state index in [2.05, 4.69) is 10.6 Å². The van der Waals surface area contributed by atoms with Gasteiger partial charge in [-0.15, -0.1) is 11.8 Å². The Bertz CT molecular complexity index is 686. The standard InChI is InChI=1S/C17H21N3O3S/c1-20(2)14(15-8-5-9-23-15)11-18-16(21)17(22)19-12-6-4-7-13(10-12)24-3/h4-10,14H,11H2,1-3H3,(H,18,21)(H,19,22)/t14-/m1/s1. The van der Waals surface area contributed by atoms with Gasteiger partial charge in [0.15, 0.2) is 0 Å². The van der Waals surface area contributed by atoms with Crippen molar-refractivity contribution in [1.29, 1.82) is 0 Å². The summed E-state index contributed by atoms with van der Waals surface area (Å²) >= 11 is 1.57. The normalized spacial score (nSPS) is 12.0. The van der Waals surface area contributed by atoms with Crippen LogP contribution in [0.25, 0.3) is 0 Å². The molecule has 0 spiro atoms. The van der Waals surface area contributed by atoms with Crippen molar-refractivity contribution in [2.75, 3.05) is 32.2 Å². The first kappa shape index (κ1) is 18.1. The van der Waals surface area contributed by atoms with Gasteiger partial charge in [0, 0.05) is 17.1 Å². The van der Waals surface area contributed by atoms with Crippen molar-refractivity contribution in [1.82, 2.24) is 10.2 Å². The van der Waals surface area contributed by atoms with E-state index in [4.69, 9.17) is 4.42 Å². The van der Waals surface area contributed by atoms with Crippen LogP contribution in [0.4, 0.5) is 5.69 Å². The molecule has 0 aliphatic carbocycles. The summed E-state index contributed by atoms with van der Waals surface area (Å²) in [6.07, 6.45) is 3.53. The number of benzene rings is 1. The van der Waals surface area contributed by atoms with Gasteiger partial charge in [-0.2, -0.15) is 0 Å². The molecule has 0 unspecified atom stereocenters. The van der Waals surface area contributed by atoms with Crippen LogP contribution in [0.2, 0.25) is 0 Å². The van der Waals surface area contributed by atoms with Gasteiger partial charge < -0.3 is 15.1 Å². The molecular formula is C17H21N3O3S. The number of amides is 2. The lowest BCUT2D eigenvalue weighted by Crippen LogP contribution is -2.40.